The zero-order chi connectivity index (χ0) is 13.1. The first-order chi connectivity index (χ1) is 8.56. The van der Waals surface area contributed by atoms with Crippen molar-refractivity contribution in [3.8, 4) is 0 Å². The third kappa shape index (κ3) is 3.24. The van der Waals surface area contributed by atoms with E-state index in [0.717, 1.165) is 21.8 Å². The van der Waals surface area contributed by atoms with Gasteiger partial charge in [-0.1, -0.05) is 23.7 Å². The second-order valence-electron chi connectivity index (χ2n) is 4.07. The normalized spacial score (nSPS) is 10.4. The zero-order valence-corrected chi connectivity index (χ0v) is 12.1. The minimum atomic E-state index is -0.253. The Morgan fingerprint density at radius 2 is 2.00 bits per heavy atom. The summed E-state index contributed by atoms with van der Waals surface area (Å²) in [5.41, 5.74) is 2.85. The highest BCUT2D eigenvalue weighted by atomic mass is 79.9. The summed E-state index contributed by atoms with van der Waals surface area (Å²) in [6.45, 7) is 2.51. The van der Waals surface area contributed by atoms with Crippen LogP contribution in [0.15, 0.2) is 40.9 Å². The first kappa shape index (κ1) is 13.4. The molecule has 2 aromatic rings. The average molecular weight is 329 g/mol. The average Bonchev–Trinajstić information content (AvgIpc) is 2.35. The predicted molar refractivity (Wildman–Crippen MR) is 77.6 cm³/mol. The Morgan fingerprint density at radius 1 is 1.22 bits per heavy atom. The van der Waals surface area contributed by atoms with E-state index in [4.69, 9.17) is 11.6 Å². The third-order valence-corrected chi connectivity index (χ3v) is 3.70. The number of anilines is 1. The lowest BCUT2D eigenvalue weighted by molar-refractivity contribution is 0.619. The van der Waals surface area contributed by atoms with Gasteiger partial charge >= 0.3 is 0 Å². The second kappa shape index (κ2) is 5.72. The number of nitrogens with one attached hydrogen (secondary N) is 1. The van der Waals surface area contributed by atoms with Gasteiger partial charge in [0.05, 0.1) is 4.47 Å². The molecule has 0 aliphatic carbocycles. The van der Waals surface area contributed by atoms with E-state index in [9.17, 15) is 4.39 Å². The Morgan fingerprint density at radius 3 is 2.67 bits per heavy atom. The second-order valence-corrected chi connectivity index (χ2v) is 5.33. The summed E-state index contributed by atoms with van der Waals surface area (Å²) in [4.78, 5) is 0. The summed E-state index contributed by atoms with van der Waals surface area (Å²) in [5.74, 6) is -0.253. The van der Waals surface area contributed by atoms with Crippen LogP contribution in [0.1, 0.15) is 11.1 Å². The Balaban J connectivity index is 2.06. The van der Waals surface area contributed by atoms with Crippen LogP contribution in [0.3, 0.4) is 0 Å². The van der Waals surface area contributed by atoms with Gasteiger partial charge in [-0.05, 0) is 58.2 Å². The molecule has 0 amide bonds. The number of benzene rings is 2. The molecule has 94 valence electrons. The topological polar surface area (TPSA) is 12.0 Å². The van der Waals surface area contributed by atoms with Crippen molar-refractivity contribution < 1.29 is 4.39 Å². The van der Waals surface area contributed by atoms with E-state index in [1.165, 1.54) is 6.07 Å². The van der Waals surface area contributed by atoms with Crippen molar-refractivity contribution in [2.24, 2.45) is 0 Å². The quantitative estimate of drug-likeness (QED) is 0.820. The number of rotatable bonds is 3. The summed E-state index contributed by atoms with van der Waals surface area (Å²) in [5, 5.41) is 3.93. The standard InChI is InChI=1S/C14H12BrClFN/c1-9-2-4-11(7-13(9)16)18-8-10-3-5-12(15)14(17)6-10/h2-7,18H,8H2,1H3. The van der Waals surface area contributed by atoms with E-state index in [0.29, 0.717) is 11.0 Å². The van der Waals surface area contributed by atoms with Gasteiger partial charge in [0.25, 0.3) is 0 Å². The Bertz CT molecular complexity index is 520. The highest BCUT2D eigenvalue weighted by Gasteiger charge is 2.01. The molecule has 0 atom stereocenters. The van der Waals surface area contributed by atoms with Crippen LogP contribution in [-0.2, 0) is 6.54 Å². The van der Waals surface area contributed by atoms with Crippen molar-refractivity contribution in [2.75, 3.05) is 5.32 Å². The molecule has 0 aliphatic rings. The van der Waals surface area contributed by atoms with Crippen LogP contribution in [0.5, 0.6) is 0 Å². The molecule has 18 heavy (non-hydrogen) atoms. The minimum absolute atomic E-state index is 0.253. The van der Waals surface area contributed by atoms with Gasteiger partial charge < -0.3 is 5.32 Å². The van der Waals surface area contributed by atoms with Crippen LogP contribution in [0.2, 0.25) is 5.02 Å². The maximum Gasteiger partial charge on any atom is 0.137 e. The molecule has 0 bridgehead atoms. The SMILES string of the molecule is Cc1ccc(NCc2ccc(Br)c(F)c2)cc1Cl. The van der Waals surface area contributed by atoms with E-state index in [2.05, 4.69) is 21.2 Å². The van der Waals surface area contributed by atoms with E-state index < -0.39 is 0 Å². The zero-order valence-electron chi connectivity index (χ0n) is 9.81. The minimum Gasteiger partial charge on any atom is -0.381 e. The first-order valence-electron chi connectivity index (χ1n) is 5.50. The van der Waals surface area contributed by atoms with Gasteiger partial charge in [-0.2, -0.15) is 0 Å². The Hall–Kier alpha value is -1.06. The van der Waals surface area contributed by atoms with Gasteiger partial charge in [0.1, 0.15) is 5.82 Å². The summed E-state index contributed by atoms with van der Waals surface area (Å²) in [6.07, 6.45) is 0. The van der Waals surface area contributed by atoms with Crippen molar-refractivity contribution in [1.82, 2.24) is 0 Å². The van der Waals surface area contributed by atoms with E-state index in [1.54, 1.807) is 6.07 Å². The lowest BCUT2D eigenvalue weighted by atomic mass is 10.2. The molecular weight excluding hydrogens is 317 g/mol. The molecule has 1 N–H and O–H groups in total. The summed E-state index contributed by atoms with van der Waals surface area (Å²) in [6, 6.07) is 10.9. The molecule has 0 radical (unpaired) electrons. The van der Waals surface area contributed by atoms with E-state index in [-0.39, 0.29) is 5.82 Å². The highest BCUT2D eigenvalue weighted by Crippen LogP contribution is 2.21. The fourth-order valence-corrected chi connectivity index (χ4v) is 1.98. The van der Waals surface area contributed by atoms with E-state index in [1.807, 2.05) is 31.2 Å². The van der Waals surface area contributed by atoms with Crippen LogP contribution in [-0.4, -0.2) is 0 Å². The first-order valence-corrected chi connectivity index (χ1v) is 6.67. The molecule has 1 nitrogen and oxygen atoms in total. The molecule has 0 fully saturated rings. The molecule has 0 saturated carbocycles. The fourth-order valence-electron chi connectivity index (χ4n) is 1.56. The van der Waals surface area contributed by atoms with Crippen molar-refractivity contribution in [3.63, 3.8) is 0 Å². The summed E-state index contributed by atoms with van der Waals surface area (Å²) in [7, 11) is 0. The van der Waals surface area contributed by atoms with Gasteiger partial charge in [-0.3, -0.25) is 0 Å². The van der Waals surface area contributed by atoms with Crippen molar-refractivity contribution in [3.05, 3.63) is 62.8 Å². The number of aryl methyl sites for hydroxylation is 1. The Kier molecular flexibility index (Phi) is 4.25. The summed E-state index contributed by atoms with van der Waals surface area (Å²) < 4.78 is 13.8. The van der Waals surface area contributed by atoms with E-state index >= 15 is 0 Å². The molecule has 2 rings (SSSR count). The molecule has 0 aliphatic heterocycles. The number of hydrogen-bond acceptors (Lipinski definition) is 1. The lowest BCUT2D eigenvalue weighted by Gasteiger charge is -2.08. The van der Waals surface area contributed by atoms with Crippen LogP contribution in [0.4, 0.5) is 10.1 Å². The third-order valence-electron chi connectivity index (χ3n) is 2.65. The summed E-state index contributed by atoms with van der Waals surface area (Å²) >= 11 is 9.17. The molecular formula is C14H12BrClFN. The predicted octanol–water partition coefficient (Wildman–Crippen LogP) is 5.16. The molecule has 0 heterocycles. The Labute approximate surface area is 119 Å². The molecule has 0 spiro atoms. The fraction of sp³-hybridized carbons (Fsp3) is 0.143. The molecule has 0 aromatic heterocycles. The number of hydrogen-bond donors (Lipinski definition) is 1. The lowest BCUT2D eigenvalue weighted by Crippen LogP contribution is -2.00. The highest BCUT2D eigenvalue weighted by molar-refractivity contribution is 9.10. The van der Waals surface area contributed by atoms with Gasteiger partial charge in [0.2, 0.25) is 0 Å². The van der Waals surface area contributed by atoms with Crippen molar-refractivity contribution in [2.45, 2.75) is 13.5 Å². The van der Waals surface area contributed by atoms with Crippen LogP contribution in [0, 0.1) is 12.7 Å². The van der Waals surface area contributed by atoms with Gasteiger partial charge in [-0.15, -0.1) is 0 Å². The van der Waals surface area contributed by atoms with Crippen molar-refractivity contribution in [1.29, 1.82) is 0 Å². The monoisotopic (exact) mass is 327 g/mol. The molecule has 0 unspecified atom stereocenters. The number of halogens is 3. The smallest absolute Gasteiger partial charge is 0.137 e. The van der Waals surface area contributed by atoms with Crippen LogP contribution < -0.4 is 5.32 Å². The van der Waals surface area contributed by atoms with Crippen LogP contribution >= 0.6 is 27.5 Å². The largest absolute Gasteiger partial charge is 0.381 e. The maximum absolute atomic E-state index is 13.3. The van der Waals surface area contributed by atoms with Crippen molar-refractivity contribution >= 4 is 33.2 Å². The molecule has 2 aromatic carbocycles. The van der Waals surface area contributed by atoms with Gasteiger partial charge in [-0.25, -0.2) is 4.39 Å². The molecule has 0 saturated heterocycles. The van der Waals surface area contributed by atoms with Gasteiger partial charge in [0, 0.05) is 17.3 Å². The van der Waals surface area contributed by atoms with Gasteiger partial charge in [0.15, 0.2) is 0 Å². The molecule has 4 heteroatoms. The maximum atomic E-state index is 13.3. The van der Waals surface area contributed by atoms with Crippen LogP contribution in [0.25, 0.3) is 0 Å².